The van der Waals surface area contributed by atoms with Crippen molar-refractivity contribution in [2.45, 2.75) is 19.9 Å². The second-order valence-corrected chi connectivity index (χ2v) is 4.16. The molecule has 0 fully saturated rings. The van der Waals surface area contributed by atoms with E-state index in [2.05, 4.69) is 10.4 Å². The third-order valence-electron chi connectivity index (χ3n) is 2.81. The number of aryl methyl sites for hydroxylation is 2. The second kappa shape index (κ2) is 5.00. The average Bonchev–Trinajstić information content (AvgIpc) is 2.71. The lowest BCUT2D eigenvalue weighted by molar-refractivity contribution is 0.400. The Labute approximate surface area is 106 Å². The lowest BCUT2D eigenvalue weighted by Gasteiger charge is -2.08. The summed E-state index contributed by atoms with van der Waals surface area (Å²) in [5, 5.41) is 26.6. The monoisotopic (exact) mass is 247 g/mol. The maximum Gasteiger partial charge on any atom is 0.162 e. The number of aromatic nitrogens is 2. The normalized spacial score (nSPS) is 10.6. The van der Waals surface area contributed by atoms with Crippen LogP contribution in [0.15, 0.2) is 24.4 Å². The maximum absolute atomic E-state index is 9.70. The number of rotatable bonds is 4. The molecule has 1 aromatic carbocycles. The van der Waals surface area contributed by atoms with Gasteiger partial charge in [0.15, 0.2) is 11.5 Å². The summed E-state index contributed by atoms with van der Waals surface area (Å²) >= 11 is 0. The fourth-order valence-electron chi connectivity index (χ4n) is 1.85. The quantitative estimate of drug-likeness (QED) is 0.723. The molecule has 0 saturated carbocycles. The first-order valence-electron chi connectivity index (χ1n) is 5.88. The third kappa shape index (κ3) is 2.40. The van der Waals surface area contributed by atoms with Crippen LogP contribution in [0.25, 0.3) is 0 Å². The van der Waals surface area contributed by atoms with E-state index < -0.39 is 0 Å². The van der Waals surface area contributed by atoms with Crippen molar-refractivity contribution in [2.75, 3.05) is 5.32 Å². The molecular formula is C13H17N3O2. The average molecular weight is 247 g/mol. The first-order valence-corrected chi connectivity index (χ1v) is 5.88. The minimum Gasteiger partial charge on any atom is -0.504 e. The van der Waals surface area contributed by atoms with E-state index in [0.717, 1.165) is 17.8 Å². The van der Waals surface area contributed by atoms with Crippen molar-refractivity contribution in [1.29, 1.82) is 0 Å². The van der Waals surface area contributed by atoms with Gasteiger partial charge in [-0.2, -0.15) is 5.10 Å². The highest BCUT2D eigenvalue weighted by atomic mass is 16.3. The Morgan fingerprint density at radius 1 is 1.33 bits per heavy atom. The minimum absolute atomic E-state index is 0.0769. The van der Waals surface area contributed by atoms with Crippen molar-refractivity contribution < 1.29 is 10.2 Å². The van der Waals surface area contributed by atoms with Gasteiger partial charge in [0.05, 0.1) is 11.4 Å². The summed E-state index contributed by atoms with van der Waals surface area (Å²) in [7, 11) is 1.87. The molecule has 0 spiro atoms. The molecule has 0 unspecified atom stereocenters. The summed E-state index contributed by atoms with van der Waals surface area (Å²) in [6.07, 6.45) is 2.74. The molecule has 2 rings (SSSR count). The number of phenols is 2. The smallest absolute Gasteiger partial charge is 0.162 e. The number of nitrogens with zero attached hydrogens (tertiary/aromatic N) is 2. The van der Waals surface area contributed by atoms with E-state index >= 15 is 0 Å². The first kappa shape index (κ1) is 12.3. The van der Waals surface area contributed by atoms with Gasteiger partial charge >= 0.3 is 0 Å². The minimum atomic E-state index is -0.101. The van der Waals surface area contributed by atoms with Gasteiger partial charge in [-0.25, -0.2) is 0 Å². The molecule has 0 bridgehead atoms. The van der Waals surface area contributed by atoms with Gasteiger partial charge in [-0.05, 0) is 12.5 Å². The second-order valence-electron chi connectivity index (χ2n) is 4.16. The Balaban J connectivity index is 2.13. The van der Waals surface area contributed by atoms with Crippen molar-refractivity contribution in [3.05, 3.63) is 35.7 Å². The van der Waals surface area contributed by atoms with Gasteiger partial charge in [-0.15, -0.1) is 0 Å². The molecule has 5 heteroatoms. The van der Waals surface area contributed by atoms with E-state index in [1.807, 2.05) is 20.2 Å². The van der Waals surface area contributed by atoms with Crippen LogP contribution >= 0.6 is 0 Å². The largest absolute Gasteiger partial charge is 0.504 e. The molecule has 18 heavy (non-hydrogen) atoms. The lowest BCUT2D eigenvalue weighted by atomic mass is 10.2. The number of nitrogens with one attached hydrogen (secondary N) is 1. The van der Waals surface area contributed by atoms with Crippen LogP contribution in [-0.2, 0) is 20.0 Å². The molecular weight excluding hydrogens is 230 g/mol. The SMILES string of the molecule is CCc1nn(C)cc1NCc1cccc(O)c1O. The maximum atomic E-state index is 9.70. The number of anilines is 1. The van der Waals surface area contributed by atoms with Gasteiger partial charge in [0.2, 0.25) is 0 Å². The number of phenolic OH excluding ortho intramolecular Hbond substituents is 2. The van der Waals surface area contributed by atoms with Crippen molar-refractivity contribution >= 4 is 5.69 Å². The third-order valence-corrected chi connectivity index (χ3v) is 2.81. The molecule has 5 nitrogen and oxygen atoms in total. The van der Waals surface area contributed by atoms with Crippen LogP contribution < -0.4 is 5.32 Å². The van der Waals surface area contributed by atoms with Crippen LogP contribution in [0.4, 0.5) is 5.69 Å². The van der Waals surface area contributed by atoms with E-state index in [-0.39, 0.29) is 11.5 Å². The van der Waals surface area contributed by atoms with Crippen LogP contribution in [0.2, 0.25) is 0 Å². The van der Waals surface area contributed by atoms with Crippen molar-refractivity contribution in [1.82, 2.24) is 9.78 Å². The van der Waals surface area contributed by atoms with Crippen molar-refractivity contribution in [3.63, 3.8) is 0 Å². The predicted molar refractivity (Wildman–Crippen MR) is 69.7 cm³/mol. The zero-order chi connectivity index (χ0) is 13.1. The van der Waals surface area contributed by atoms with Crippen LogP contribution in [0, 0.1) is 0 Å². The van der Waals surface area contributed by atoms with Gasteiger partial charge in [-0.1, -0.05) is 19.1 Å². The van der Waals surface area contributed by atoms with Crippen molar-refractivity contribution in [3.8, 4) is 11.5 Å². The number of aromatic hydroxyl groups is 2. The number of hydrogen-bond acceptors (Lipinski definition) is 4. The van der Waals surface area contributed by atoms with Crippen LogP contribution in [0.3, 0.4) is 0 Å². The van der Waals surface area contributed by atoms with Crippen molar-refractivity contribution in [2.24, 2.45) is 7.05 Å². The molecule has 3 N–H and O–H groups in total. The Bertz CT molecular complexity index is 549. The molecule has 1 heterocycles. The zero-order valence-electron chi connectivity index (χ0n) is 10.5. The lowest BCUT2D eigenvalue weighted by Crippen LogP contribution is -2.01. The highest BCUT2D eigenvalue weighted by molar-refractivity contribution is 5.50. The Morgan fingerprint density at radius 2 is 2.11 bits per heavy atom. The van der Waals surface area contributed by atoms with Crippen LogP contribution in [0.5, 0.6) is 11.5 Å². The molecule has 0 aliphatic rings. The summed E-state index contributed by atoms with van der Waals surface area (Å²) in [6.45, 7) is 2.48. The number of para-hydroxylation sites is 1. The molecule has 0 amide bonds. The van der Waals surface area contributed by atoms with Gasteiger partial charge in [0.25, 0.3) is 0 Å². The Kier molecular flexibility index (Phi) is 3.41. The molecule has 0 radical (unpaired) electrons. The first-order chi connectivity index (χ1) is 8.61. The molecule has 0 saturated heterocycles. The molecule has 0 atom stereocenters. The summed E-state index contributed by atoms with van der Waals surface area (Å²) in [6, 6.07) is 4.93. The highest BCUT2D eigenvalue weighted by Crippen LogP contribution is 2.28. The fourth-order valence-corrected chi connectivity index (χ4v) is 1.85. The molecule has 1 aromatic heterocycles. The molecule has 96 valence electrons. The fraction of sp³-hybridized carbons (Fsp3) is 0.308. The predicted octanol–water partition coefficient (Wildman–Crippen LogP) is 2.01. The van der Waals surface area contributed by atoms with E-state index in [0.29, 0.717) is 12.1 Å². The Morgan fingerprint density at radius 3 is 2.83 bits per heavy atom. The molecule has 2 aromatic rings. The van der Waals surface area contributed by atoms with Gasteiger partial charge < -0.3 is 15.5 Å². The Hall–Kier alpha value is -2.17. The van der Waals surface area contributed by atoms with E-state index in [4.69, 9.17) is 0 Å². The van der Waals surface area contributed by atoms with Gasteiger partial charge in [-0.3, -0.25) is 4.68 Å². The number of benzene rings is 1. The summed E-state index contributed by atoms with van der Waals surface area (Å²) in [4.78, 5) is 0. The van der Waals surface area contributed by atoms with Crippen LogP contribution in [0.1, 0.15) is 18.2 Å². The van der Waals surface area contributed by atoms with E-state index in [9.17, 15) is 10.2 Å². The zero-order valence-corrected chi connectivity index (χ0v) is 10.5. The topological polar surface area (TPSA) is 70.3 Å². The van der Waals surface area contributed by atoms with Gasteiger partial charge in [0.1, 0.15) is 0 Å². The van der Waals surface area contributed by atoms with Crippen LogP contribution in [-0.4, -0.2) is 20.0 Å². The summed E-state index contributed by atoms with van der Waals surface area (Å²) < 4.78 is 1.75. The number of hydrogen-bond donors (Lipinski definition) is 3. The van der Waals surface area contributed by atoms with E-state index in [1.54, 1.807) is 16.8 Å². The highest BCUT2D eigenvalue weighted by Gasteiger charge is 2.08. The van der Waals surface area contributed by atoms with E-state index in [1.165, 1.54) is 6.07 Å². The van der Waals surface area contributed by atoms with Gasteiger partial charge in [0, 0.05) is 25.4 Å². The summed E-state index contributed by atoms with van der Waals surface area (Å²) in [5.74, 6) is -0.178. The molecule has 0 aliphatic carbocycles. The molecule has 0 aliphatic heterocycles. The summed E-state index contributed by atoms with van der Waals surface area (Å²) in [5.41, 5.74) is 2.58. The standard InChI is InChI=1S/C13H17N3O2/c1-3-10-11(8-16(2)15-10)14-7-9-5-4-6-12(17)13(9)18/h4-6,8,14,17-18H,3,7H2,1-2H3.